The molecule has 0 aromatic heterocycles. The predicted molar refractivity (Wildman–Crippen MR) is 101 cm³/mol. The zero-order chi connectivity index (χ0) is 18.9. The van der Waals surface area contributed by atoms with Crippen LogP contribution in [0.4, 0.5) is 11.4 Å². The summed E-state index contributed by atoms with van der Waals surface area (Å²) in [6.07, 6.45) is 2.34. The molecule has 0 unspecified atom stereocenters. The first-order valence-electron chi connectivity index (χ1n) is 8.10. The molecule has 0 saturated carbocycles. The molecule has 1 amide bonds. The maximum absolute atomic E-state index is 12.3. The first kappa shape index (κ1) is 18.9. The minimum absolute atomic E-state index is 0.0423. The third-order valence-electron chi connectivity index (χ3n) is 3.75. The van der Waals surface area contributed by atoms with E-state index in [1.54, 1.807) is 18.2 Å². The van der Waals surface area contributed by atoms with E-state index in [-0.39, 0.29) is 5.57 Å². The fourth-order valence-corrected chi connectivity index (χ4v) is 2.25. The quantitative estimate of drug-likeness (QED) is 0.587. The molecule has 0 saturated heterocycles. The Morgan fingerprint density at radius 1 is 1.08 bits per heavy atom. The van der Waals surface area contributed by atoms with E-state index >= 15 is 0 Å². The Morgan fingerprint density at radius 2 is 1.73 bits per heavy atom. The van der Waals surface area contributed by atoms with Crippen LogP contribution in [0.5, 0.6) is 11.5 Å². The van der Waals surface area contributed by atoms with Gasteiger partial charge in [-0.15, -0.1) is 0 Å². The van der Waals surface area contributed by atoms with Gasteiger partial charge in [-0.1, -0.05) is 19.1 Å². The molecule has 2 aromatic rings. The van der Waals surface area contributed by atoms with Gasteiger partial charge in [-0.05, 0) is 36.2 Å². The first-order chi connectivity index (χ1) is 12.6. The summed E-state index contributed by atoms with van der Waals surface area (Å²) in [4.78, 5) is 12.3. The smallest absolute Gasteiger partial charge is 0.267 e. The third-order valence-corrected chi connectivity index (χ3v) is 3.75. The van der Waals surface area contributed by atoms with Crippen molar-refractivity contribution in [2.45, 2.75) is 13.3 Å². The minimum atomic E-state index is -0.516. The van der Waals surface area contributed by atoms with Crippen molar-refractivity contribution in [2.24, 2.45) is 0 Å². The summed E-state index contributed by atoms with van der Waals surface area (Å²) in [5.74, 6) is 0.526. The number of hydrogen-bond donors (Lipinski definition) is 2. The molecule has 2 N–H and O–H groups in total. The molecular formula is C20H21N3O3. The van der Waals surface area contributed by atoms with E-state index in [0.717, 1.165) is 12.1 Å². The normalized spacial score (nSPS) is 10.6. The monoisotopic (exact) mass is 351 g/mol. The largest absolute Gasteiger partial charge is 0.493 e. The molecule has 134 valence electrons. The maximum atomic E-state index is 12.3. The number of rotatable bonds is 7. The van der Waals surface area contributed by atoms with Crippen LogP contribution in [0, 0.1) is 11.3 Å². The van der Waals surface area contributed by atoms with Crippen molar-refractivity contribution in [3.63, 3.8) is 0 Å². The number of nitriles is 1. The molecule has 0 aliphatic heterocycles. The summed E-state index contributed by atoms with van der Waals surface area (Å²) < 4.78 is 10.4. The Morgan fingerprint density at radius 3 is 2.31 bits per heavy atom. The van der Waals surface area contributed by atoms with Crippen LogP contribution >= 0.6 is 0 Å². The molecular weight excluding hydrogens is 330 g/mol. The SMILES string of the molecule is CCc1ccc(N/C=C(/C#N)C(=O)Nc2ccc(OC)c(OC)c2)cc1. The van der Waals surface area contributed by atoms with Gasteiger partial charge in [0.15, 0.2) is 11.5 Å². The number of nitrogens with one attached hydrogen (secondary N) is 2. The zero-order valence-electron chi connectivity index (χ0n) is 15.0. The lowest BCUT2D eigenvalue weighted by Crippen LogP contribution is -2.14. The van der Waals surface area contributed by atoms with E-state index in [1.807, 2.05) is 30.3 Å². The van der Waals surface area contributed by atoms with Crippen LogP contribution in [0.25, 0.3) is 0 Å². The predicted octanol–water partition coefficient (Wildman–Crippen LogP) is 3.72. The zero-order valence-corrected chi connectivity index (χ0v) is 15.0. The number of ether oxygens (including phenoxy) is 2. The van der Waals surface area contributed by atoms with Crippen LogP contribution in [0.3, 0.4) is 0 Å². The summed E-state index contributed by atoms with van der Waals surface area (Å²) in [6, 6.07) is 14.7. The molecule has 2 rings (SSSR count). The van der Waals surface area contributed by atoms with Gasteiger partial charge in [0.1, 0.15) is 11.6 Å². The Bertz CT molecular complexity index is 836. The van der Waals surface area contributed by atoms with Gasteiger partial charge in [0.25, 0.3) is 5.91 Å². The van der Waals surface area contributed by atoms with Crippen LogP contribution in [0.1, 0.15) is 12.5 Å². The Labute approximate surface area is 153 Å². The molecule has 2 aromatic carbocycles. The van der Waals surface area contributed by atoms with E-state index in [9.17, 15) is 10.1 Å². The lowest BCUT2D eigenvalue weighted by molar-refractivity contribution is -0.112. The van der Waals surface area contributed by atoms with Crippen molar-refractivity contribution < 1.29 is 14.3 Å². The molecule has 6 nitrogen and oxygen atoms in total. The number of aryl methyl sites for hydroxylation is 1. The number of anilines is 2. The van der Waals surface area contributed by atoms with Gasteiger partial charge in [0.2, 0.25) is 0 Å². The summed E-state index contributed by atoms with van der Waals surface area (Å²) in [5.41, 5.74) is 2.47. The molecule has 26 heavy (non-hydrogen) atoms. The molecule has 6 heteroatoms. The molecule has 0 heterocycles. The van der Waals surface area contributed by atoms with E-state index in [1.165, 1.54) is 26.0 Å². The van der Waals surface area contributed by atoms with Gasteiger partial charge in [-0.25, -0.2) is 0 Å². The average molecular weight is 351 g/mol. The molecule has 0 spiro atoms. The van der Waals surface area contributed by atoms with Crippen molar-refractivity contribution in [1.82, 2.24) is 0 Å². The second kappa shape index (κ2) is 9.14. The lowest BCUT2D eigenvalue weighted by Gasteiger charge is -2.10. The van der Waals surface area contributed by atoms with Gasteiger partial charge >= 0.3 is 0 Å². The van der Waals surface area contributed by atoms with Gasteiger partial charge in [-0.2, -0.15) is 5.26 Å². The molecule has 0 bridgehead atoms. The highest BCUT2D eigenvalue weighted by atomic mass is 16.5. The van der Waals surface area contributed by atoms with E-state index in [0.29, 0.717) is 17.2 Å². The summed E-state index contributed by atoms with van der Waals surface area (Å²) >= 11 is 0. The Balaban J connectivity index is 2.09. The Hall–Kier alpha value is -3.46. The number of amides is 1. The second-order valence-corrected chi connectivity index (χ2v) is 5.39. The van der Waals surface area contributed by atoms with Gasteiger partial charge in [-0.3, -0.25) is 4.79 Å². The summed E-state index contributed by atoms with van der Waals surface area (Å²) in [6.45, 7) is 2.08. The number of carbonyl (C=O) groups excluding carboxylic acids is 1. The maximum Gasteiger partial charge on any atom is 0.267 e. The minimum Gasteiger partial charge on any atom is -0.493 e. The second-order valence-electron chi connectivity index (χ2n) is 5.39. The molecule has 0 aliphatic rings. The lowest BCUT2D eigenvalue weighted by atomic mass is 10.1. The van der Waals surface area contributed by atoms with Crippen LogP contribution in [-0.2, 0) is 11.2 Å². The third kappa shape index (κ3) is 4.77. The van der Waals surface area contributed by atoms with E-state index in [2.05, 4.69) is 17.6 Å². The van der Waals surface area contributed by atoms with Crippen molar-refractivity contribution in [2.75, 3.05) is 24.9 Å². The van der Waals surface area contributed by atoms with E-state index < -0.39 is 5.91 Å². The van der Waals surface area contributed by atoms with Crippen LogP contribution in [0.15, 0.2) is 54.2 Å². The van der Waals surface area contributed by atoms with Crippen molar-refractivity contribution in [3.05, 3.63) is 59.8 Å². The number of benzene rings is 2. The number of nitrogens with zero attached hydrogens (tertiary/aromatic N) is 1. The molecule has 0 fully saturated rings. The fourth-order valence-electron chi connectivity index (χ4n) is 2.25. The van der Waals surface area contributed by atoms with Gasteiger partial charge < -0.3 is 20.1 Å². The van der Waals surface area contributed by atoms with Gasteiger partial charge in [0.05, 0.1) is 14.2 Å². The molecule has 0 aliphatic carbocycles. The first-order valence-corrected chi connectivity index (χ1v) is 8.10. The number of methoxy groups -OCH3 is 2. The standard InChI is InChI=1S/C20H21N3O3/c1-4-14-5-7-16(8-6-14)22-13-15(12-21)20(24)23-17-9-10-18(25-2)19(11-17)26-3/h5-11,13,22H,4H2,1-3H3,(H,23,24)/b15-13-. The topological polar surface area (TPSA) is 83.4 Å². The molecule has 0 atom stereocenters. The summed E-state index contributed by atoms with van der Waals surface area (Å²) in [7, 11) is 3.04. The van der Waals surface area contributed by atoms with Crippen molar-refractivity contribution >= 4 is 17.3 Å². The highest BCUT2D eigenvalue weighted by Gasteiger charge is 2.11. The van der Waals surface area contributed by atoms with Crippen LogP contribution in [-0.4, -0.2) is 20.1 Å². The highest BCUT2D eigenvalue weighted by Crippen LogP contribution is 2.29. The highest BCUT2D eigenvalue weighted by molar-refractivity contribution is 6.06. The fraction of sp³-hybridized carbons (Fsp3) is 0.200. The number of carbonyl (C=O) groups is 1. The average Bonchev–Trinajstić information content (AvgIpc) is 2.68. The van der Waals surface area contributed by atoms with Crippen LogP contribution in [0.2, 0.25) is 0 Å². The van der Waals surface area contributed by atoms with Crippen molar-refractivity contribution in [1.29, 1.82) is 5.26 Å². The van der Waals surface area contributed by atoms with Crippen LogP contribution < -0.4 is 20.1 Å². The van der Waals surface area contributed by atoms with Gasteiger partial charge in [0, 0.05) is 23.6 Å². The Kier molecular flexibility index (Phi) is 6.63. The molecule has 0 radical (unpaired) electrons. The van der Waals surface area contributed by atoms with E-state index in [4.69, 9.17) is 9.47 Å². The summed E-state index contributed by atoms with van der Waals surface area (Å²) in [5, 5.41) is 14.9. The van der Waals surface area contributed by atoms with Crippen molar-refractivity contribution in [3.8, 4) is 17.6 Å². The number of hydrogen-bond acceptors (Lipinski definition) is 5.